The number of pyridine rings is 1. The number of hydrogen-bond acceptors (Lipinski definition) is 7. The Hall–Kier alpha value is -2.73. The number of nitrogens with one attached hydrogen (secondary N) is 1. The van der Waals surface area contributed by atoms with E-state index in [1.165, 1.54) is 28.7 Å². The van der Waals surface area contributed by atoms with E-state index in [4.69, 9.17) is 15.2 Å². The number of nitrogens with zero attached hydrogens (tertiary/aromatic N) is 2. The molecule has 34 heavy (non-hydrogen) atoms. The number of sulfonamides is 1. The van der Waals surface area contributed by atoms with Crippen molar-refractivity contribution in [2.75, 3.05) is 32.9 Å². The number of hydrogen-bond donors (Lipinski definition) is 2. The minimum atomic E-state index is -3.73. The third kappa shape index (κ3) is 8.90. The van der Waals surface area contributed by atoms with Crippen LogP contribution in [0.2, 0.25) is 0 Å². The summed E-state index contributed by atoms with van der Waals surface area (Å²) < 4.78 is 50.6. The molecule has 0 radical (unpaired) electrons. The zero-order valence-corrected chi connectivity index (χ0v) is 20.6. The Morgan fingerprint density at radius 1 is 1.29 bits per heavy atom. The average Bonchev–Trinajstić information content (AvgIpc) is 2.75. The maximum absolute atomic E-state index is 12.9. The van der Waals surface area contributed by atoms with Gasteiger partial charge in [-0.2, -0.15) is 4.31 Å². The minimum Gasteiger partial charge on any atom is -0.473 e. The first-order valence-electron chi connectivity index (χ1n) is 11.0. The van der Waals surface area contributed by atoms with E-state index in [9.17, 15) is 22.4 Å². The normalized spacial score (nSPS) is 16.2. The monoisotopic (exact) mass is 500 g/mol. The molecular formula is C22H33FN4O6S. The number of halogens is 1. The molecule has 1 aromatic rings. The quantitative estimate of drug-likeness (QED) is 0.469. The summed E-state index contributed by atoms with van der Waals surface area (Å²) in [7, 11) is -3.73. The van der Waals surface area contributed by atoms with Crippen molar-refractivity contribution in [3.8, 4) is 5.88 Å². The van der Waals surface area contributed by atoms with Crippen LogP contribution < -0.4 is 15.8 Å². The summed E-state index contributed by atoms with van der Waals surface area (Å²) in [5, 5.41) is 2.53. The van der Waals surface area contributed by atoms with Gasteiger partial charge in [0.15, 0.2) is 0 Å². The largest absolute Gasteiger partial charge is 0.473 e. The van der Waals surface area contributed by atoms with Crippen molar-refractivity contribution in [1.29, 1.82) is 0 Å². The van der Waals surface area contributed by atoms with Gasteiger partial charge >= 0.3 is 6.09 Å². The fraction of sp³-hybridized carbons (Fsp3) is 0.591. The number of allylic oxidation sites excluding steroid dienone is 1. The molecule has 1 aliphatic rings. The van der Waals surface area contributed by atoms with Crippen molar-refractivity contribution in [3.63, 3.8) is 0 Å². The molecule has 1 aliphatic heterocycles. The van der Waals surface area contributed by atoms with E-state index in [1.54, 1.807) is 20.8 Å². The number of carbonyl (C=O) groups excluding carboxylic acids is 2. The van der Waals surface area contributed by atoms with Crippen molar-refractivity contribution in [3.05, 3.63) is 30.0 Å². The van der Waals surface area contributed by atoms with E-state index in [0.29, 0.717) is 31.5 Å². The molecule has 0 spiro atoms. The van der Waals surface area contributed by atoms with Crippen LogP contribution in [0.1, 0.15) is 40.0 Å². The predicted molar refractivity (Wildman–Crippen MR) is 123 cm³/mol. The van der Waals surface area contributed by atoms with Gasteiger partial charge in [-0.3, -0.25) is 4.79 Å². The van der Waals surface area contributed by atoms with Gasteiger partial charge in [-0.1, -0.05) is 0 Å². The standard InChI is InChI=1S/C22H33FN4O6S/c1-22(2,3)33-21(29)26-13-17(6-9-23)15-32-20-5-4-18(14-25-20)34(30,31)27-10-7-16(8-11-27)12-19(24)28/h4-6,14,16H,7-13,15H2,1-3H3,(H2,24,28)(H,26,29)/b17-6+. The number of alkyl carbamates (subject to hydrolysis) is 1. The van der Waals surface area contributed by atoms with E-state index in [0.717, 1.165) is 0 Å². The number of carbonyl (C=O) groups is 2. The molecule has 0 bridgehead atoms. The molecule has 2 heterocycles. The highest BCUT2D eigenvalue weighted by molar-refractivity contribution is 7.89. The van der Waals surface area contributed by atoms with E-state index < -0.39 is 28.4 Å². The zero-order chi connectivity index (χ0) is 25.4. The first kappa shape index (κ1) is 27.5. The highest BCUT2D eigenvalue weighted by atomic mass is 32.2. The average molecular weight is 501 g/mol. The summed E-state index contributed by atoms with van der Waals surface area (Å²) in [5.41, 5.74) is 5.03. The van der Waals surface area contributed by atoms with Gasteiger partial charge < -0.3 is 20.5 Å². The Labute approximate surface area is 199 Å². The molecule has 12 heteroatoms. The molecule has 0 saturated carbocycles. The maximum atomic E-state index is 12.9. The third-order valence-corrected chi connectivity index (χ3v) is 6.92. The molecule has 0 atom stereocenters. The molecule has 1 fully saturated rings. The van der Waals surface area contributed by atoms with Crippen LogP contribution in [0, 0.1) is 5.92 Å². The Bertz CT molecular complexity index is 968. The van der Waals surface area contributed by atoms with Gasteiger partial charge in [0, 0.05) is 32.1 Å². The van der Waals surface area contributed by atoms with Crippen LogP contribution >= 0.6 is 0 Å². The summed E-state index contributed by atoms with van der Waals surface area (Å²) in [6.45, 7) is 5.04. The fourth-order valence-corrected chi connectivity index (χ4v) is 4.77. The van der Waals surface area contributed by atoms with Crippen molar-refractivity contribution < 1.29 is 31.9 Å². The lowest BCUT2D eigenvalue weighted by molar-refractivity contribution is -0.119. The van der Waals surface area contributed by atoms with Crippen LogP contribution in [0.25, 0.3) is 0 Å². The number of piperidine rings is 1. The van der Waals surface area contributed by atoms with Gasteiger partial charge in [0.1, 0.15) is 23.8 Å². The van der Waals surface area contributed by atoms with Crippen LogP contribution in [0.5, 0.6) is 5.88 Å². The molecular weight excluding hydrogens is 467 g/mol. The fourth-order valence-electron chi connectivity index (χ4n) is 3.35. The van der Waals surface area contributed by atoms with E-state index >= 15 is 0 Å². The van der Waals surface area contributed by atoms with E-state index in [-0.39, 0.29) is 42.2 Å². The van der Waals surface area contributed by atoms with Crippen LogP contribution in [0.3, 0.4) is 0 Å². The predicted octanol–water partition coefficient (Wildman–Crippen LogP) is 2.16. The summed E-state index contributed by atoms with van der Waals surface area (Å²) >= 11 is 0. The van der Waals surface area contributed by atoms with Gasteiger partial charge in [0.25, 0.3) is 0 Å². The molecule has 0 aliphatic carbocycles. The second-order valence-electron chi connectivity index (χ2n) is 9.01. The van der Waals surface area contributed by atoms with Gasteiger partial charge in [-0.05, 0) is 57.2 Å². The second kappa shape index (κ2) is 12.1. The topological polar surface area (TPSA) is 141 Å². The number of aromatic nitrogens is 1. The molecule has 2 amide bonds. The number of primary amides is 1. The highest BCUT2D eigenvalue weighted by Crippen LogP contribution is 2.25. The number of amides is 2. The lowest BCUT2D eigenvalue weighted by Gasteiger charge is -2.30. The van der Waals surface area contributed by atoms with Crippen LogP contribution in [0.4, 0.5) is 9.18 Å². The number of alkyl halides is 1. The first-order valence-corrected chi connectivity index (χ1v) is 12.4. The summed E-state index contributed by atoms with van der Waals surface area (Å²) in [4.78, 5) is 26.9. The Balaban J connectivity index is 1.91. The van der Waals surface area contributed by atoms with Crippen molar-refractivity contribution >= 4 is 22.0 Å². The summed E-state index contributed by atoms with van der Waals surface area (Å²) in [6.07, 6.45) is 3.24. The van der Waals surface area contributed by atoms with Crippen molar-refractivity contribution in [1.82, 2.24) is 14.6 Å². The van der Waals surface area contributed by atoms with Gasteiger partial charge in [0.05, 0.1) is 6.20 Å². The molecule has 1 saturated heterocycles. The molecule has 2 rings (SSSR count). The van der Waals surface area contributed by atoms with Crippen LogP contribution in [0.15, 0.2) is 34.9 Å². The molecule has 1 aromatic heterocycles. The SMILES string of the molecule is CC(C)(C)OC(=O)NC/C(=C\CF)COc1ccc(S(=O)(=O)N2CCC(CC(N)=O)CC2)cn1. The second-order valence-corrected chi connectivity index (χ2v) is 10.9. The lowest BCUT2D eigenvalue weighted by Crippen LogP contribution is -2.39. The zero-order valence-electron chi connectivity index (χ0n) is 19.8. The van der Waals surface area contributed by atoms with Gasteiger partial charge in [-0.15, -0.1) is 0 Å². The third-order valence-electron chi connectivity index (χ3n) is 5.04. The van der Waals surface area contributed by atoms with Crippen LogP contribution in [-0.2, 0) is 19.6 Å². The summed E-state index contributed by atoms with van der Waals surface area (Å²) in [6, 6.07) is 2.81. The maximum Gasteiger partial charge on any atom is 0.407 e. The van der Waals surface area contributed by atoms with Gasteiger partial charge in [-0.25, -0.2) is 22.6 Å². The molecule has 0 aromatic carbocycles. The number of rotatable bonds is 10. The molecule has 3 N–H and O–H groups in total. The van der Waals surface area contributed by atoms with Crippen molar-refractivity contribution in [2.24, 2.45) is 11.7 Å². The first-order chi connectivity index (χ1) is 15.9. The van der Waals surface area contributed by atoms with E-state index in [2.05, 4.69) is 10.3 Å². The number of nitrogens with two attached hydrogens (primary N) is 1. The van der Waals surface area contributed by atoms with Gasteiger partial charge in [0.2, 0.25) is 21.8 Å². The molecule has 10 nitrogen and oxygen atoms in total. The Morgan fingerprint density at radius 3 is 2.50 bits per heavy atom. The minimum absolute atomic E-state index is 0.0248. The molecule has 0 unspecified atom stereocenters. The Morgan fingerprint density at radius 2 is 1.97 bits per heavy atom. The number of ether oxygens (including phenoxy) is 2. The Kier molecular flexibility index (Phi) is 9.80. The van der Waals surface area contributed by atoms with Crippen LogP contribution in [-0.4, -0.2) is 68.2 Å². The molecule has 190 valence electrons. The summed E-state index contributed by atoms with van der Waals surface area (Å²) in [5.74, 6) is -0.137. The highest BCUT2D eigenvalue weighted by Gasteiger charge is 2.30. The lowest BCUT2D eigenvalue weighted by atomic mass is 9.94. The van der Waals surface area contributed by atoms with E-state index in [1.807, 2.05) is 0 Å². The smallest absolute Gasteiger partial charge is 0.407 e. The van der Waals surface area contributed by atoms with Crippen molar-refractivity contribution in [2.45, 2.75) is 50.5 Å².